The number of ether oxygens (including phenoxy) is 2. The van der Waals surface area contributed by atoms with Gasteiger partial charge in [-0.3, -0.25) is 0 Å². The lowest BCUT2D eigenvalue weighted by Gasteiger charge is -2.36. The van der Waals surface area contributed by atoms with E-state index < -0.39 is 0 Å². The number of rotatable bonds is 6. The van der Waals surface area contributed by atoms with E-state index in [0.29, 0.717) is 42.0 Å². The Morgan fingerprint density at radius 3 is 2.44 bits per heavy atom. The van der Waals surface area contributed by atoms with Crippen molar-refractivity contribution in [1.82, 2.24) is 15.0 Å². The first-order chi connectivity index (χ1) is 16.6. The standard InChI is InChI=1S/C25H29N5O4/c1-32-20-10-11-22(33-2)21(16-20)26-25(31)30-14-12-29(13-15-30)19-8-6-17(7-9-19)23-27-24(34-28-23)18-4-3-5-18/h6-11,16,18H,3-5,12-15H2,1-2H3,(H,26,31). The molecule has 0 atom stereocenters. The number of carbonyl (C=O) groups excluding carboxylic acids is 1. The summed E-state index contributed by atoms with van der Waals surface area (Å²) in [5, 5.41) is 7.10. The average Bonchev–Trinajstić information content (AvgIpc) is 3.32. The van der Waals surface area contributed by atoms with E-state index in [4.69, 9.17) is 14.0 Å². The molecule has 0 bridgehead atoms. The minimum Gasteiger partial charge on any atom is -0.497 e. The Bertz CT molecular complexity index is 1130. The zero-order chi connectivity index (χ0) is 23.5. The fourth-order valence-electron chi connectivity index (χ4n) is 4.27. The number of hydrogen-bond donors (Lipinski definition) is 1. The van der Waals surface area contributed by atoms with Gasteiger partial charge in [0.2, 0.25) is 11.7 Å². The molecule has 9 nitrogen and oxygen atoms in total. The van der Waals surface area contributed by atoms with Crippen molar-refractivity contribution in [3.8, 4) is 22.9 Å². The topological polar surface area (TPSA) is 93.0 Å². The van der Waals surface area contributed by atoms with E-state index in [1.807, 2.05) is 17.0 Å². The number of nitrogens with one attached hydrogen (secondary N) is 1. The predicted octanol–water partition coefficient (Wildman–Crippen LogP) is 4.38. The number of urea groups is 1. The van der Waals surface area contributed by atoms with Crippen molar-refractivity contribution in [2.45, 2.75) is 25.2 Å². The van der Waals surface area contributed by atoms with E-state index in [-0.39, 0.29) is 6.03 Å². The first-order valence-electron chi connectivity index (χ1n) is 11.6. The van der Waals surface area contributed by atoms with Crippen LogP contribution < -0.4 is 19.7 Å². The molecular weight excluding hydrogens is 434 g/mol. The van der Waals surface area contributed by atoms with Gasteiger partial charge in [-0.15, -0.1) is 0 Å². The Morgan fingerprint density at radius 1 is 1.03 bits per heavy atom. The first kappa shape index (κ1) is 22.1. The van der Waals surface area contributed by atoms with Gasteiger partial charge >= 0.3 is 6.03 Å². The minimum absolute atomic E-state index is 0.152. The molecule has 1 aliphatic heterocycles. The highest BCUT2D eigenvalue weighted by Crippen LogP contribution is 2.36. The van der Waals surface area contributed by atoms with Crippen molar-refractivity contribution in [1.29, 1.82) is 0 Å². The number of carbonyl (C=O) groups is 1. The van der Waals surface area contributed by atoms with Crippen LogP contribution in [-0.2, 0) is 0 Å². The van der Waals surface area contributed by atoms with Crippen molar-refractivity contribution in [2.75, 3.05) is 50.6 Å². The maximum absolute atomic E-state index is 12.8. The molecule has 2 aromatic carbocycles. The summed E-state index contributed by atoms with van der Waals surface area (Å²) >= 11 is 0. The normalized spacial score (nSPS) is 16.2. The molecule has 2 amide bonds. The van der Waals surface area contributed by atoms with Crippen LogP contribution in [-0.4, -0.2) is 61.5 Å². The Kier molecular flexibility index (Phi) is 6.24. The van der Waals surface area contributed by atoms with Crippen LogP contribution in [0.2, 0.25) is 0 Å². The van der Waals surface area contributed by atoms with Crippen LogP contribution >= 0.6 is 0 Å². The number of aromatic nitrogens is 2. The summed E-state index contributed by atoms with van der Waals surface area (Å²) in [6, 6.07) is 13.4. The van der Waals surface area contributed by atoms with Gasteiger partial charge in [-0.05, 0) is 49.2 Å². The summed E-state index contributed by atoms with van der Waals surface area (Å²) in [6.45, 7) is 2.73. The zero-order valence-corrected chi connectivity index (χ0v) is 19.5. The highest BCUT2D eigenvalue weighted by atomic mass is 16.5. The minimum atomic E-state index is -0.152. The Labute approximate surface area is 198 Å². The largest absolute Gasteiger partial charge is 0.497 e. The number of piperazine rings is 1. The molecule has 2 heterocycles. The Hall–Kier alpha value is -3.75. The van der Waals surface area contributed by atoms with E-state index in [9.17, 15) is 4.79 Å². The lowest BCUT2D eigenvalue weighted by molar-refractivity contribution is 0.208. The third-order valence-corrected chi connectivity index (χ3v) is 6.60. The summed E-state index contributed by atoms with van der Waals surface area (Å²) in [6.07, 6.45) is 3.51. The molecule has 1 saturated carbocycles. The van der Waals surface area contributed by atoms with Gasteiger partial charge in [-0.2, -0.15) is 4.98 Å². The maximum Gasteiger partial charge on any atom is 0.322 e. The Morgan fingerprint density at radius 2 is 1.79 bits per heavy atom. The fourth-order valence-corrected chi connectivity index (χ4v) is 4.27. The second-order valence-electron chi connectivity index (χ2n) is 8.60. The lowest BCUT2D eigenvalue weighted by atomic mass is 9.85. The molecule has 5 rings (SSSR count). The quantitative estimate of drug-likeness (QED) is 0.580. The molecule has 1 aromatic heterocycles. The second kappa shape index (κ2) is 9.62. The summed E-state index contributed by atoms with van der Waals surface area (Å²) < 4.78 is 16.1. The average molecular weight is 464 g/mol. The molecule has 0 radical (unpaired) electrons. The molecule has 1 saturated heterocycles. The molecule has 0 spiro atoms. The number of benzene rings is 2. The molecule has 0 unspecified atom stereocenters. The fraction of sp³-hybridized carbons (Fsp3) is 0.400. The van der Waals surface area contributed by atoms with Crippen LogP contribution in [0.3, 0.4) is 0 Å². The van der Waals surface area contributed by atoms with Crippen molar-refractivity contribution >= 4 is 17.4 Å². The predicted molar refractivity (Wildman–Crippen MR) is 129 cm³/mol. The summed E-state index contributed by atoms with van der Waals surface area (Å²) in [7, 11) is 3.17. The second-order valence-corrected chi connectivity index (χ2v) is 8.60. The van der Waals surface area contributed by atoms with Gasteiger partial charge in [0, 0.05) is 49.4 Å². The molecular formula is C25H29N5O4. The van der Waals surface area contributed by atoms with Crippen molar-refractivity contribution < 1.29 is 18.8 Å². The summed E-state index contributed by atoms with van der Waals surface area (Å²) in [5.74, 6) is 3.08. The van der Waals surface area contributed by atoms with Gasteiger partial charge in [-0.25, -0.2) is 4.79 Å². The molecule has 2 fully saturated rings. The molecule has 34 heavy (non-hydrogen) atoms. The number of amides is 2. The first-order valence-corrected chi connectivity index (χ1v) is 11.6. The van der Waals surface area contributed by atoms with Crippen LogP contribution in [0, 0.1) is 0 Å². The summed E-state index contributed by atoms with van der Waals surface area (Å²) in [4.78, 5) is 21.5. The van der Waals surface area contributed by atoms with Gasteiger partial charge in [-0.1, -0.05) is 11.6 Å². The molecule has 1 aliphatic carbocycles. The third kappa shape index (κ3) is 4.50. The molecule has 3 aromatic rings. The van der Waals surface area contributed by atoms with Gasteiger partial charge < -0.3 is 29.1 Å². The van der Waals surface area contributed by atoms with E-state index in [1.54, 1.807) is 32.4 Å². The number of anilines is 2. The van der Waals surface area contributed by atoms with Crippen LogP contribution in [0.25, 0.3) is 11.4 Å². The lowest BCUT2D eigenvalue weighted by Crippen LogP contribution is -2.50. The van der Waals surface area contributed by atoms with Crippen LogP contribution in [0.1, 0.15) is 31.1 Å². The van der Waals surface area contributed by atoms with Gasteiger partial charge in [0.1, 0.15) is 11.5 Å². The number of nitrogens with zero attached hydrogens (tertiary/aromatic N) is 4. The van der Waals surface area contributed by atoms with Crippen LogP contribution in [0.4, 0.5) is 16.2 Å². The van der Waals surface area contributed by atoms with Crippen molar-refractivity contribution in [3.63, 3.8) is 0 Å². The Balaban J connectivity index is 1.17. The molecule has 9 heteroatoms. The highest BCUT2D eigenvalue weighted by molar-refractivity contribution is 5.91. The van der Waals surface area contributed by atoms with E-state index in [0.717, 1.165) is 43.1 Å². The monoisotopic (exact) mass is 463 g/mol. The van der Waals surface area contributed by atoms with Gasteiger partial charge in [0.15, 0.2) is 0 Å². The van der Waals surface area contributed by atoms with Gasteiger partial charge in [0.25, 0.3) is 0 Å². The van der Waals surface area contributed by atoms with Crippen LogP contribution in [0.15, 0.2) is 47.0 Å². The van der Waals surface area contributed by atoms with E-state index in [1.165, 1.54) is 6.42 Å². The van der Waals surface area contributed by atoms with Crippen molar-refractivity contribution in [2.24, 2.45) is 0 Å². The molecule has 178 valence electrons. The highest BCUT2D eigenvalue weighted by Gasteiger charge is 2.26. The molecule has 2 aliphatic rings. The summed E-state index contributed by atoms with van der Waals surface area (Å²) in [5.41, 5.74) is 2.65. The SMILES string of the molecule is COc1ccc(OC)c(NC(=O)N2CCN(c3ccc(-c4noc(C5CCC5)n4)cc3)CC2)c1. The third-order valence-electron chi connectivity index (χ3n) is 6.60. The number of methoxy groups -OCH3 is 2. The molecule has 1 N–H and O–H groups in total. The smallest absolute Gasteiger partial charge is 0.322 e. The number of hydrogen-bond acceptors (Lipinski definition) is 7. The van der Waals surface area contributed by atoms with Gasteiger partial charge in [0.05, 0.1) is 19.9 Å². The van der Waals surface area contributed by atoms with Crippen LogP contribution in [0.5, 0.6) is 11.5 Å². The van der Waals surface area contributed by atoms with E-state index in [2.05, 4.69) is 32.5 Å². The van der Waals surface area contributed by atoms with Crippen molar-refractivity contribution in [3.05, 3.63) is 48.4 Å². The zero-order valence-electron chi connectivity index (χ0n) is 19.5. The maximum atomic E-state index is 12.8. The van der Waals surface area contributed by atoms with E-state index >= 15 is 0 Å².